The number of rotatable bonds is 5. The van der Waals surface area contributed by atoms with Crippen molar-refractivity contribution in [1.29, 1.82) is 0 Å². The lowest BCUT2D eigenvalue weighted by atomic mass is 9.98. The number of sulfone groups is 1. The Balaban J connectivity index is 1.76. The first kappa shape index (κ1) is 20.5. The molecule has 0 spiro atoms. The van der Waals surface area contributed by atoms with E-state index in [2.05, 4.69) is 5.32 Å². The van der Waals surface area contributed by atoms with Crippen molar-refractivity contribution in [3.05, 3.63) is 48.5 Å². The Labute approximate surface area is 161 Å². The van der Waals surface area contributed by atoms with Gasteiger partial charge in [-0.05, 0) is 48.5 Å². The smallest absolute Gasteiger partial charge is 0.206 e. The summed E-state index contributed by atoms with van der Waals surface area (Å²) in [6.07, 6.45) is -6.55. The zero-order chi connectivity index (χ0) is 20.5. The fourth-order valence-electron chi connectivity index (χ4n) is 2.90. The van der Waals surface area contributed by atoms with Gasteiger partial charge in [0.2, 0.25) is 9.84 Å². The first-order valence-corrected chi connectivity index (χ1v) is 10.00. The van der Waals surface area contributed by atoms with E-state index in [1.807, 2.05) is 0 Å². The second kappa shape index (κ2) is 8.03. The average molecular weight is 410 g/mol. The largest absolute Gasteiger partial charge is 0.399 e. The van der Waals surface area contributed by atoms with Gasteiger partial charge in [0.1, 0.15) is 24.4 Å². The Morgan fingerprint density at radius 3 is 1.96 bits per heavy atom. The summed E-state index contributed by atoms with van der Waals surface area (Å²) in [6, 6.07) is 11.6. The van der Waals surface area contributed by atoms with Crippen molar-refractivity contribution in [2.75, 3.05) is 17.7 Å². The van der Waals surface area contributed by atoms with Gasteiger partial charge >= 0.3 is 0 Å². The topological polar surface area (TPSA) is 162 Å². The minimum absolute atomic E-state index is 0.0663. The van der Waals surface area contributed by atoms with Crippen LogP contribution >= 0.6 is 0 Å². The quantitative estimate of drug-likeness (QED) is 0.350. The van der Waals surface area contributed by atoms with Crippen LogP contribution in [0, 0.1) is 0 Å². The van der Waals surface area contributed by atoms with Gasteiger partial charge < -0.3 is 36.2 Å². The van der Waals surface area contributed by atoms with E-state index in [0.29, 0.717) is 11.4 Å². The SMILES string of the molecule is Nc1ccc(S(=O)(=O)c2ccc(N[C@@H]3O[C@H](CO)[C@@H](O)[C@H](O)[C@H]3O)cc2)cc1. The van der Waals surface area contributed by atoms with Gasteiger partial charge in [0.05, 0.1) is 16.4 Å². The van der Waals surface area contributed by atoms with E-state index in [4.69, 9.17) is 10.5 Å². The second-order valence-corrected chi connectivity index (χ2v) is 8.44. The Kier molecular flexibility index (Phi) is 5.89. The number of hydrogen-bond acceptors (Lipinski definition) is 9. The van der Waals surface area contributed by atoms with Gasteiger partial charge in [0.15, 0.2) is 6.23 Å². The molecule has 0 aromatic heterocycles. The van der Waals surface area contributed by atoms with Crippen molar-refractivity contribution >= 4 is 21.2 Å². The molecule has 9 nitrogen and oxygen atoms in total. The molecule has 7 N–H and O–H groups in total. The number of benzene rings is 2. The molecule has 1 saturated heterocycles. The molecule has 2 aromatic carbocycles. The van der Waals surface area contributed by atoms with Gasteiger partial charge in [-0.3, -0.25) is 0 Å². The highest BCUT2D eigenvalue weighted by atomic mass is 32.2. The molecular formula is C18H22N2O7S. The number of aliphatic hydroxyl groups excluding tert-OH is 4. The molecule has 1 fully saturated rings. The molecule has 0 radical (unpaired) electrons. The molecule has 0 unspecified atom stereocenters. The van der Waals surface area contributed by atoms with Crippen LogP contribution in [0.25, 0.3) is 0 Å². The summed E-state index contributed by atoms with van der Waals surface area (Å²) in [5.41, 5.74) is 6.46. The van der Waals surface area contributed by atoms with Crippen molar-refractivity contribution in [2.45, 2.75) is 40.4 Å². The van der Waals surface area contributed by atoms with Crippen molar-refractivity contribution in [2.24, 2.45) is 0 Å². The zero-order valence-corrected chi connectivity index (χ0v) is 15.5. The molecule has 1 aliphatic rings. The summed E-state index contributed by atoms with van der Waals surface area (Å²) in [5, 5.41) is 41.7. The van der Waals surface area contributed by atoms with E-state index in [0.717, 1.165) is 0 Å². The van der Waals surface area contributed by atoms with Crippen LogP contribution in [0.4, 0.5) is 11.4 Å². The fourth-order valence-corrected chi connectivity index (χ4v) is 4.16. The van der Waals surface area contributed by atoms with Crippen LogP contribution in [-0.4, -0.2) is 66.1 Å². The van der Waals surface area contributed by atoms with Gasteiger partial charge in [0.25, 0.3) is 0 Å². The van der Waals surface area contributed by atoms with Gasteiger partial charge in [0, 0.05) is 11.4 Å². The number of nitrogens with one attached hydrogen (secondary N) is 1. The summed E-state index contributed by atoms with van der Waals surface area (Å²) < 4.78 is 30.7. The van der Waals surface area contributed by atoms with Crippen molar-refractivity contribution in [3.8, 4) is 0 Å². The van der Waals surface area contributed by atoms with Gasteiger partial charge in [-0.25, -0.2) is 8.42 Å². The van der Waals surface area contributed by atoms with E-state index in [1.165, 1.54) is 48.5 Å². The molecule has 28 heavy (non-hydrogen) atoms. The maximum absolute atomic E-state index is 12.6. The molecule has 3 rings (SSSR count). The van der Waals surface area contributed by atoms with Crippen LogP contribution in [-0.2, 0) is 14.6 Å². The number of nitrogens with two attached hydrogens (primary N) is 1. The van der Waals surface area contributed by atoms with E-state index < -0.39 is 47.1 Å². The Morgan fingerprint density at radius 2 is 1.43 bits per heavy atom. The zero-order valence-electron chi connectivity index (χ0n) is 14.7. The van der Waals surface area contributed by atoms with Crippen LogP contribution in [0.5, 0.6) is 0 Å². The number of aliphatic hydroxyl groups is 4. The third kappa shape index (κ3) is 3.97. The molecule has 1 aliphatic heterocycles. The van der Waals surface area contributed by atoms with E-state index >= 15 is 0 Å². The molecule has 5 atom stereocenters. The maximum atomic E-state index is 12.6. The summed E-state index contributed by atoms with van der Waals surface area (Å²) >= 11 is 0. The molecule has 0 saturated carbocycles. The molecule has 10 heteroatoms. The molecule has 0 bridgehead atoms. The highest BCUT2D eigenvalue weighted by Crippen LogP contribution is 2.26. The fraction of sp³-hybridized carbons (Fsp3) is 0.333. The third-order valence-corrected chi connectivity index (χ3v) is 6.34. The monoisotopic (exact) mass is 410 g/mol. The summed E-state index contributed by atoms with van der Waals surface area (Å²) in [7, 11) is -3.72. The Morgan fingerprint density at radius 1 is 0.893 bits per heavy atom. The van der Waals surface area contributed by atoms with Crippen LogP contribution < -0.4 is 11.1 Å². The molecule has 0 amide bonds. The Hall–Kier alpha value is -2.21. The number of hydrogen-bond donors (Lipinski definition) is 6. The first-order chi connectivity index (χ1) is 13.2. The van der Waals surface area contributed by atoms with Gasteiger partial charge in [-0.2, -0.15) is 0 Å². The van der Waals surface area contributed by atoms with Crippen LogP contribution in [0.1, 0.15) is 0 Å². The van der Waals surface area contributed by atoms with Gasteiger partial charge in [-0.15, -0.1) is 0 Å². The van der Waals surface area contributed by atoms with E-state index in [9.17, 15) is 28.8 Å². The van der Waals surface area contributed by atoms with Crippen molar-refractivity contribution < 1.29 is 33.6 Å². The molecule has 2 aromatic rings. The first-order valence-electron chi connectivity index (χ1n) is 8.52. The third-order valence-electron chi connectivity index (χ3n) is 4.56. The Bertz CT molecular complexity index is 901. The summed E-state index contributed by atoms with van der Waals surface area (Å²) in [4.78, 5) is 0.174. The number of ether oxygens (including phenoxy) is 1. The minimum Gasteiger partial charge on any atom is -0.399 e. The van der Waals surface area contributed by atoms with Crippen LogP contribution in [0.2, 0.25) is 0 Å². The molecule has 152 valence electrons. The van der Waals surface area contributed by atoms with Crippen molar-refractivity contribution in [3.63, 3.8) is 0 Å². The lowest BCUT2D eigenvalue weighted by Crippen LogP contribution is -2.60. The number of anilines is 2. The van der Waals surface area contributed by atoms with Crippen LogP contribution in [0.15, 0.2) is 58.3 Å². The normalized spacial score (nSPS) is 28.1. The van der Waals surface area contributed by atoms with Gasteiger partial charge in [-0.1, -0.05) is 0 Å². The second-order valence-electron chi connectivity index (χ2n) is 6.49. The molecule has 1 heterocycles. The minimum atomic E-state index is -3.72. The highest BCUT2D eigenvalue weighted by molar-refractivity contribution is 7.91. The highest BCUT2D eigenvalue weighted by Gasteiger charge is 2.43. The predicted molar refractivity (Wildman–Crippen MR) is 100 cm³/mol. The van der Waals surface area contributed by atoms with Crippen LogP contribution in [0.3, 0.4) is 0 Å². The number of nitrogen functional groups attached to an aromatic ring is 1. The lowest BCUT2D eigenvalue weighted by Gasteiger charge is -2.40. The molecular weight excluding hydrogens is 388 g/mol. The molecule has 0 aliphatic carbocycles. The van der Waals surface area contributed by atoms with E-state index in [-0.39, 0.29) is 9.79 Å². The predicted octanol–water partition coefficient (Wildman–Crippen LogP) is -0.687. The van der Waals surface area contributed by atoms with E-state index in [1.54, 1.807) is 0 Å². The lowest BCUT2D eigenvalue weighted by molar-refractivity contribution is -0.221. The summed E-state index contributed by atoms with van der Waals surface area (Å²) in [6.45, 7) is -0.540. The standard InChI is InChI=1S/C18H22N2O7S/c19-10-1-5-12(6-2-10)28(25,26)13-7-3-11(4-8-13)20-18-17(24)16(23)15(22)14(9-21)27-18/h1-8,14-18,20-24H,9,19H2/t14-,15-,16+,17-,18-/m1/s1. The summed E-state index contributed by atoms with van der Waals surface area (Å²) in [5.74, 6) is 0. The average Bonchev–Trinajstić information content (AvgIpc) is 2.69. The van der Waals surface area contributed by atoms with Crippen molar-refractivity contribution in [1.82, 2.24) is 0 Å². The maximum Gasteiger partial charge on any atom is 0.206 e.